The Kier molecular flexibility index (Phi) is 1.97. The number of halogens is 1. The van der Waals surface area contributed by atoms with Gasteiger partial charge in [0, 0.05) is 0 Å². The first-order valence-corrected chi connectivity index (χ1v) is 4.91. The zero-order valence-electron chi connectivity index (χ0n) is 6.51. The first-order chi connectivity index (χ1) is 5.79. The summed E-state index contributed by atoms with van der Waals surface area (Å²) in [5, 5.41) is 9.09. The Labute approximate surface area is 74.6 Å². The standard InChI is InChI=1S/C9H9FOS/c10-8-7(11)4-3-6-2-1-5-12-9(6)8/h3-4,11H,1-2,5H2. The first-order valence-electron chi connectivity index (χ1n) is 3.92. The molecule has 64 valence electrons. The zero-order chi connectivity index (χ0) is 8.55. The van der Waals surface area contributed by atoms with Crippen molar-refractivity contribution in [1.29, 1.82) is 0 Å². The van der Waals surface area contributed by atoms with Crippen molar-refractivity contribution in [2.24, 2.45) is 0 Å². The van der Waals surface area contributed by atoms with Crippen LogP contribution < -0.4 is 0 Å². The molecule has 1 nitrogen and oxygen atoms in total. The molecule has 0 bridgehead atoms. The second kappa shape index (κ2) is 2.98. The third-order valence-electron chi connectivity index (χ3n) is 2.00. The van der Waals surface area contributed by atoms with Crippen molar-refractivity contribution in [2.45, 2.75) is 17.7 Å². The minimum atomic E-state index is -0.447. The van der Waals surface area contributed by atoms with Crippen LogP contribution >= 0.6 is 11.8 Å². The van der Waals surface area contributed by atoms with Crippen molar-refractivity contribution in [2.75, 3.05) is 5.75 Å². The highest BCUT2D eigenvalue weighted by molar-refractivity contribution is 7.99. The van der Waals surface area contributed by atoms with E-state index >= 15 is 0 Å². The van der Waals surface area contributed by atoms with Crippen molar-refractivity contribution in [3.63, 3.8) is 0 Å². The summed E-state index contributed by atoms with van der Waals surface area (Å²) in [6.07, 6.45) is 2.03. The highest BCUT2D eigenvalue weighted by atomic mass is 32.2. The number of hydrogen-bond donors (Lipinski definition) is 1. The molecule has 0 atom stereocenters. The largest absolute Gasteiger partial charge is 0.505 e. The third-order valence-corrected chi connectivity index (χ3v) is 3.22. The van der Waals surface area contributed by atoms with Crippen LogP contribution in [0, 0.1) is 5.82 Å². The van der Waals surface area contributed by atoms with Gasteiger partial charge in [0.1, 0.15) is 0 Å². The number of thioether (sulfide) groups is 1. The molecule has 0 saturated heterocycles. The molecule has 1 heterocycles. The van der Waals surface area contributed by atoms with Crippen LogP contribution in [0.2, 0.25) is 0 Å². The van der Waals surface area contributed by atoms with E-state index in [2.05, 4.69) is 0 Å². The number of phenols is 1. The van der Waals surface area contributed by atoms with Gasteiger partial charge < -0.3 is 5.11 Å². The van der Waals surface area contributed by atoms with Crippen LogP contribution in [0.15, 0.2) is 17.0 Å². The maximum absolute atomic E-state index is 13.2. The predicted molar refractivity (Wildman–Crippen MR) is 47.1 cm³/mol. The van der Waals surface area contributed by atoms with Gasteiger partial charge in [-0.1, -0.05) is 6.07 Å². The van der Waals surface area contributed by atoms with E-state index in [-0.39, 0.29) is 5.75 Å². The van der Waals surface area contributed by atoms with Crippen molar-refractivity contribution < 1.29 is 9.50 Å². The lowest BCUT2D eigenvalue weighted by molar-refractivity contribution is 0.423. The Balaban J connectivity index is 2.54. The second-order valence-electron chi connectivity index (χ2n) is 2.84. The molecule has 1 aromatic carbocycles. The predicted octanol–water partition coefficient (Wildman–Crippen LogP) is 2.57. The van der Waals surface area contributed by atoms with Gasteiger partial charge in [-0.2, -0.15) is 0 Å². The van der Waals surface area contributed by atoms with E-state index in [0.29, 0.717) is 4.90 Å². The molecule has 1 N–H and O–H groups in total. The van der Waals surface area contributed by atoms with E-state index in [4.69, 9.17) is 5.11 Å². The Hall–Kier alpha value is -0.700. The van der Waals surface area contributed by atoms with Gasteiger partial charge in [0.25, 0.3) is 0 Å². The third kappa shape index (κ3) is 1.18. The SMILES string of the molecule is Oc1ccc2c(c1F)SCCC2. The minimum Gasteiger partial charge on any atom is -0.505 e. The molecule has 1 aromatic rings. The average molecular weight is 184 g/mol. The lowest BCUT2D eigenvalue weighted by atomic mass is 10.1. The van der Waals surface area contributed by atoms with Crippen LogP contribution in [-0.4, -0.2) is 10.9 Å². The van der Waals surface area contributed by atoms with E-state index < -0.39 is 5.82 Å². The van der Waals surface area contributed by atoms with Crippen LogP contribution in [0.25, 0.3) is 0 Å². The van der Waals surface area contributed by atoms with Gasteiger partial charge in [-0.3, -0.25) is 0 Å². The van der Waals surface area contributed by atoms with Crippen LogP contribution in [0.1, 0.15) is 12.0 Å². The van der Waals surface area contributed by atoms with Gasteiger partial charge in [0.05, 0.1) is 4.90 Å². The molecule has 0 amide bonds. The van der Waals surface area contributed by atoms with Crippen molar-refractivity contribution in [3.05, 3.63) is 23.5 Å². The molecule has 0 radical (unpaired) electrons. The van der Waals surface area contributed by atoms with E-state index in [0.717, 1.165) is 24.2 Å². The minimum absolute atomic E-state index is 0.233. The Morgan fingerprint density at radius 3 is 3.08 bits per heavy atom. The zero-order valence-corrected chi connectivity index (χ0v) is 7.33. The van der Waals surface area contributed by atoms with Crippen molar-refractivity contribution >= 4 is 11.8 Å². The summed E-state index contributed by atoms with van der Waals surface area (Å²) in [5.74, 6) is 0.272. The lowest BCUT2D eigenvalue weighted by Gasteiger charge is -2.15. The summed E-state index contributed by atoms with van der Waals surface area (Å²) in [6, 6.07) is 3.24. The number of fused-ring (bicyclic) bond motifs is 1. The molecule has 0 fully saturated rings. The number of phenolic OH excluding ortho intramolecular Hbond substituents is 1. The van der Waals surface area contributed by atoms with Gasteiger partial charge in [0.15, 0.2) is 11.6 Å². The molecule has 0 aliphatic carbocycles. The summed E-state index contributed by atoms with van der Waals surface area (Å²) in [5.41, 5.74) is 1.03. The fourth-order valence-corrected chi connectivity index (χ4v) is 2.46. The second-order valence-corrected chi connectivity index (χ2v) is 3.94. The molecule has 1 aliphatic rings. The summed E-state index contributed by atoms with van der Waals surface area (Å²) in [7, 11) is 0. The molecular formula is C9H9FOS. The average Bonchev–Trinajstić information content (AvgIpc) is 2.12. The molecule has 3 heteroatoms. The quantitative estimate of drug-likeness (QED) is 0.668. The van der Waals surface area contributed by atoms with Crippen molar-refractivity contribution in [3.8, 4) is 5.75 Å². The number of hydrogen-bond acceptors (Lipinski definition) is 2. The van der Waals surface area contributed by atoms with Gasteiger partial charge in [0.2, 0.25) is 0 Å². The summed E-state index contributed by atoms with van der Waals surface area (Å²) < 4.78 is 13.2. The summed E-state index contributed by atoms with van der Waals surface area (Å²) in [6.45, 7) is 0. The lowest BCUT2D eigenvalue weighted by Crippen LogP contribution is -2.00. The van der Waals surface area contributed by atoms with E-state index in [1.165, 1.54) is 17.8 Å². The maximum atomic E-state index is 13.2. The van der Waals surface area contributed by atoms with Gasteiger partial charge in [-0.25, -0.2) is 4.39 Å². The topological polar surface area (TPSA) is 20.2 Å². The van der Waals surface area contributed by atoms with Crippen molar-refractivity contribution in [1.82, 2.24) is 0 Å². The number of aromatic hydroxyl groups is 1. The van der Waals surface area contributed by atoms with Crippen LogP contribution in [0.5, 0.6) is 5.75 Å². The molecule has 0 unspecified atom stereocenters. The number of aryl methyl sites for hydroxylation is 1. The van der Waals surface area contributed by atoms with Crippen LogP contribution in [0.3, 0.4) is 0 Å². The van der Waals surface area contributed by atoms with Gasteiger partial charge in [-0.15, -0.1) is 11.8 Å². The molecule has 0 saturated carbocycles. The highest BCUT2D eigenvalue weighted by Crippen LogP contribution is 2.35. The van der Waals surface area contributed by atoms with E-state index in [1.54, 1.807) is 6.07 Å². The highest BCUT2D eigenvalue weighted by Gasteiger charge is 2.16. The summed E-state index contributed by atoms with van der Waals surface area (Å²) >= 11 is 1.49. The van der Waals surface area contributed by atoms with Gasteiger partial charge in [-0.05, 0) is 30.2 Å². The fraction of sp³-hybridized carbons (Fsp3) is 0.333. The molecule has 12 heavy (non-hydrogen) atoms. The molecule has 0 spiro atoms. The van der Waals surface area contributed by atoms with E-state index in [9.17, 15) is 4.39 Å². The normalized spacial score (nSPS) is 15.8. The van der Waals surface area contributed by atoms with Crippen LogP contribution in [0.4, 0.5) is 4.39 Å². The first kappa shape index (κ1) is 7.92. The molecule has 1 aliphatic heterocycles. The smallest absolute Gasteiger partial charge is 0.178 e. The molecule has 0 aromatic heterocycles. The van der Waals surface area contributed by atoms with Gasteiger partial charge >= 0.3 is 0 Å². The number of rotatable bonds is 0. The Morgan fingerprint density at radius 1 is 1.42 bits per heavy atom. The van der Waals surface area contributed by atoms with E-state index in [1.807, 2.05) is 0 Å². The Bertz CT molecular complexity index is 312. The number of benzene rings is 1. The molecule has 2 rings (SSSR count). The van der Waals surface area contributed by atoms with Crippen LogP contribution in [-0.2, 0) is 6.42 Å². The summed E-state index contributed by atoms with van der Waals surface area (Å²) in [4.78, 5) is 0.640. The molecular weight excluding hydrogens is 175 g/mol. The fourth-order valence-electron chi connectivity index (χ4n) is 1.38. The maximum Gasteiger partial charge on any atom is 0.178 e. The monoisotopic (exact) mass is 184 g/mol. The Morgan fingerprint density at radius 2 is 2.25 bits per heavy atom.